The molecule has 0 aliphatic rings. The molecule has 3 heteroatoms. The maximum Gasteiger partial charge on any atom is 0.303 e. The molecule has 0 amide bonds. The quantitative estimate of drug-likeness (QED) is 0.263. The van der Waals surface area contributed by atoms with Crippen LogP contribution in [-0.4, -0.2) is 22.3 Å². The van der Waals surface area contributed by atoms with Gasteiger partial charge in [0.2, 0.25) is 0 Å². The van der Waals surface area contributed by atoms with E-state index in [4.69, 9.17) is 5.11 Å². The first-order valence-electron chi connectivity index (χ1n) is 8.70. The highest BCUT2D eigenvalue weighted by Gasteiger charge is 1.99. The summed E-state index contributed by atoms with van der Waals surface area (Å²) in [6.45, 7) is 2.13. The summed E-state index contributed by atoms with van der Waals surface area (Å²) < 4.78 is 0. The summed E-state index contributed by atoms with van der Waals surface area (Å²) in [6, 6.07) is 0. The van der Waals surface area contributed by atoms with E-state index in [1.165, 1.54) is 0 Å². The first kappa shape index (κ1) is 21.4. The van der Waals surface area contributed by atoms with Crippen molar-refractivity contribution in [3.8, 4) is 0 Å². The average Bonchev–Trinajstić information content (AvgIpc) is 2.52. The maximum absolute atomic E-state index is 10.3. The molecule has 2 N–H and O–H groups in total. The molecule has 0 aliphatic heterocycles. The van der Waals surface area contributed by atoms with Gasteiger partial charge in [0.1, 0.15) is 0 Å². The molecule has 0 aromatic carbocycles. The van der Waals surface area contributed by atoms with Crippen molar-refractivity contribution in [3.05, 3.63) is 48.6 Å². The van der Waals surface area contributed by atoms with Crippen molar-refractivity contribution in [2.24, 2.45) is 0 Å². The lowest BCUT2D eigenvalue weighted by Crippen LogP contribution is -2.01. The zero-order chi connectivity index (χ0) is 17.2. The lowest BCUT2D eigenvalue weighted by molar-refractivity contribution is -0.137. The van der Waals surface area contributed by atoms with Gasteiger partial charge in [-0.05, 0) is 32.1 Å². The van der Waals surface area contributed by atoms with E-state index in [1.54, 1.807) is 6.08 Å². The van der Waals surface area contributed by atoms with Crippen LogP contribution in [0.4, 0.5) is 0 Å². The Morgan fingerprint density at radius 3 is 2.26 bits per heavy atom. The third-order valence-electron chi connectivity index (χ3n) is 3.33. The van der Waals surface area contributed by atoms with E-state index in [0.29, 0.717) is 0 Å². The molecule has 23 heavy (non-hydrogen) atoms. The van der Waals surface area contributed by atoms with Gasteiger partial charge in [0.25, 0.3) is 0 Å². The van der Waals surface area contributed by atoms with Gasteiger partial charge in [0.05, 0.1) is 6.10 Å². The van der Waals surface area contributed by atoms with E-state index in [1.807, 2.05) is 12.2 Å². The minimum absolute atomic E-state index is 0.247. The number of carbonyl (C=O) groups is 1. The molecule has 0 aromatic rings. The van der Waals surface area contributed by atoms with Crippen molar-refractivity contribution in [2.75, 3.05) is 0 Å². The molecule has 0 rings (SSSR count). The number of hydrogen-bond donors (Lipinski definition) is 2. The molecule has 0 heterocycles. The summed E-state index contributed by atoms with van der Waals surface area (Å²) in [7, 11) is 0. The number of allylic oxidation sites excluding steroid dienone is 7. The summed E-state index contributed by atoms with van der Waals surface area (Å²) in [5.74, 6) is -0.730. The van der Waals surface area contributed by atoms with Crippen LogP contribution in [0.15, 0.2) is 48.6 Å². The Morgan fingerprint density at radius 2 is 1.57 bits per heavy atom. The van der Waals surface area contributed by atoms with Crippen LogP contribution >= 0.6 is 0 Å². The molecule has 0 bridgehead atoms. The zero-order valence-electron chi connectivity index (χ0n) is 14.4. The number of hydrogen-bond acceptors (Lipinski definition) is 2. The molecule has 0 saturated heterocycles. The fourth-order valence-corrected chi connectivity index (χ4v) is 2.04. The summed E-state index contributed by atoms with van der Waals surface area (Å²) in [5.41, 5.74) is 0. The number of rotatable bonds is 14. The van der Waals surface area contributed by atoms with Crippen molar-refractivity contribution in [1.29, 1.82) is 0 Å². The van der Waals surface area contributed by atoms with Gasteiger partial charge in [-0.2, -0.15) is 0 Å². The molecule has 1 atom stereocenters. The van der Waals surface area contributed by atoms with Gasteiger partial charge in [0, 0.05) is 6.42 Å². The van der Waals surface area contributed by atoms with Gasteiger partial charge in [0.15, 0.2) is 0 Å². The van der Waals surface area contributed by atoms with Crippen molar-refractivity contribution in [2.45, 2.75) is 70.8 Å². The second kappa shape index (κ2) is 16.8. The number of carboxylic acid groups (broad SMARTS) is 1. The van der Waals surface area contributed by atoms with E-state index in [0.717, 1.165) is 51.4 Å². The monoisotopic (exact) mass is 320 g/mol. The number of carboxylic acids is 1. The fraction of sp³-hybridized carbons (Fsp3) is 0.550. The predicted octanol–water partition coefficient (Wildman–Crippen LogP) is 5.19. The summed E-state index contributed by atoms with van der Waals surface area (Å²) >= 11 is 0. The molecule has 0 aliphatic carbocycles. The highest BCUT2D eigenvalue weighted by molar-refractivity contribution is 5.66. The topological polar surface area (TPSA) is 57.5 Å². The van der Waals surface area contributed by atoms with E-state index >= 15 is 0 Å². The Bertz CT molecular complexity index is 392. The number of unbranched alkanes of at least 4 members (excludes halogenated alkanes) is 3. The molecule has 0 aromatic heterocycles. The second-order valence-electron chi connectivity index (χ2n) is 5.55. The Labute approximate surface area is 141 Å². The SMILES string of the molecule is CC/C=C\C/C=C\C/C=C\C=C\[C@H](O)CCCCCCC(=O)O. The molecular weight excluding hydrogens is 288 g/mol. The summed E-state index contributed by atoms with van der Waals surface area (Å²) in [6.07, 6.45) is 23.5. The Morgan fingerprint density at radius 1 is 0.913 bits per heavy atom. The molecular formula is C20H32O3. The van der Waals surface area contributed by atoms with Crippen LogP contribution in [0.2, 0.25) is 0 Å². The van der Waals surface area contributed by atoms with Crippen LogP contribution in [-0.2, 0) is 4.79 Å². The molecule has 130 valence electrons. The first-order chi connectivity index (χ1) is 11.2. The van der Waals surface area contributed by atoms with Gasteiger partial charge in [-0.3, -0.25) is 4.79 Å². The standard InChI is InChI=1S/C20H32O3/c1-2-3-4-5-6-7-8-9-10-13-16-19(21)17-14-11-12-15-18-20(22)23/h3-4,6-7,9-10,13,16,19,21H,2,5,8,11-12,14-15,17-18H2,1H3,(H,22,23)/b4-3-,7-6-,10-9-,16-13+/t19-/m0/s1. The van der Waals surface area contributed by atoms with E-state index in [9.17, 15) is 9.90 Å². The number of aliphatic hydroxyl groups is 1. The molecule has 0 spiro atoms. The Hall–Kier alpha value is -1.61. The largest absolute Gasteiger partial charge is 0.481 e. The van der Waals surface area contributed by atoms with Crippen molar-refractivity contribution < 1.29 is 15.0 Å². The van der Waals surface area contributed by atoms with Crippen LogP contribution in [0.3, 0.4) is 0 Å². The summed E-state index contributed by atoms with van der Waals surface area (Å²) in [5, 5.41) is 18.3. The highest BCUT2D eigenvalue weighted by atomic mass is 16.4. The van der Waals surface area contributed by atoms with Gasteiger partial charge in [-0.25, -0.2) is 0 Å². The average molecular weight is 320 g/mol. The zero-order valence-corrected chi connectivity index (χ0v) is 14.4. The fourth-order valence-electron chi connectivity index (χ4n) is 2.04. The van der Waals surface area contributed by atoms with E-state index < -0.39 is 12.1 Å². The van der Waals surface area contributed by atoms with Crippen molar-refractivity contribution in [3.63, 3.8) is 0 Å². The molecule has 0 radical (unpaired) electrons. The molecule has 0 fully saturated rings. The normalized spacial score (nSPS) is 13.8. The summed E-state index contributed by atoms with van der Waals surface area (Å²) in [4.78, 5) is 10.3. The minimum atomic E-state index is -0.730. The van der Waals surface area contributed by atoms with Crippen LogP contribution in [0.1, 0.15) is 64.7 Å². The first-order valence-corrected chi connectivity index (χ1v) is 8.70. The van der Waals surface area contributed by atoms with Gasteiger partial charge in [-0.15, -0.1) is 0 Å². The number of aliphatic carboxylic acids is 1. The van der Waals surface area contributed by atoms with Crippen molar-refractivity contribution >= 4 is 5.97 Å². The van der Waals surface area contributed by atoms with Crippen LogP contribution in [0.5, 0.6) is 0 Å². The lowest BCUT2D eigenvalue weighted by atomic mass is 10.1. The van der Waals surface area contributed by atoms with Gasteiger partial charge < -0.3 is 10.2 Å². The molecule has 3 nitrogen and oxygen atoms in total. The smallest absolute Gasteiger partial charge is 0.303 e. The number of aliphatic hydroxyl groups excluding tert-OH is 1. The Balaban J connectivity index is 3.56. The molecule has 0 saturated carbocycles. The molecule has 0 unspecified atom stereocenters. The predicted molar refractivity (Wildman–Crippen MR) is 97.4 cm³/mol. The van der Waals surface area contributed by atoms with E-state index in [-0.39, 0.29) is 6.42 Å². The van der Waals surface area contributed by atoms with Crippen LogP contribution < -0.4 is 0 Å². The van der Waals surface area contributed by atoms with Gasteiger partial charge in [-0.1, -0.05) is 74.8 Å². The second-order valence-corrected chi connectivity index (χ2v) is 5.55. The third-order valence-corrected chi connectivity index (χ3v) is 3.33. The third kappa shape index (κ3) is 18.3. The maximum atomic E-state index is 10.3. The van der Waals surface area contributed by atoms with Crippen LogP contribution in [0.25, 0.3) is 0 Å². The Kier molecular flexibility index (Phi) is 15.6. The minimum Gasteiger partial charge on any atom is -0.481 e. The lowest BCUT2D eigenvalue weighted by Gasteiger charge is -2.04. The highest BCUT2D eigenvalue weighted by Crippen LogP contribution is 2.08. The van der Waals surface area contributed by atoms with Crippen LogP contribution in [0, 0.1) is 0 Å². The van der Waals surface area contributed by atoms with Crippen molar-refractivity contribution in [1.82, 2.24) is 0 Å². The van der Waals surface area contributed by atoms with E-state index in [2.05, 4.69) is 37.3 Å². The van der Waals surface area contributed by atoms with Gasteiger partial charge >= 0.3 is 5.97 Å².